The summed E-state index contributed by atoms with van der Waals surface area (Å²) in [5.74, 6) is 0.713. The summed E-state index contributed by atoms with van der Waals surface area (Å²) in [4.78, 5) is 4.45. The van der Waals surface area contributed by atoms with E-state index < -0.39 is 0 Å². The van der Waals surface area contributed by atoms with Gasteiger partial charge in [0, 0.05) is 0 Å². The first kappa shape index (κ1) is 16.6. The summed E-state index contributed by atoms with van der Waals surface area (Å²) in [6.07, 6.45) is 8.69. The summed E-state index contributed by atoms with van der Waals surface area (Å²) in [5.41, 5.74) is 3.37. The Kier molecular flexibility index (Phi) is 5.52. The number of para-hydroxylation sites is 2. The highest BCUT2D eigenvalue weighted by atomic mass is 16.3. The van der Waals surface area contributed by atoms with E-state index in [1.54, 1.807) is 0 Å². The molecule has 1 heterocycles. The van der Waals surface area contributed by atoms with E-state index in [-0.39, 0.29) is 5.75 Å². The van der Waals surface area contributed by atoms with Crippen molar-refractivity contribution in [1.82, 2.24) is 4.98 Å². The molecule has 0 bridgehead atoms. The zero-order chi connectivity index (χ0) is 16.8. The van der Waals surface area contributed by atoms with Gasteiger partial charge in [-0.3, -0.25) is 0 Å². The summed E-state index contributed by atoms with van der Waals surface area (Å²) in [5, 5.41) is 10.3. The molecule has 0 radical (unpaired) electrons. The van der Waals surface area contributed by atoms with Crippen molar-refractivity contribution in [3.63, 3.8) is 0 Å². The van der Waals surface area contributed by atoms with E-state index in [9.17, 15) is 5.11 Å². The van der Waals surface area contributed by atoms with Crippen LogP contribution in [-0.2, 0) is 6.42 Å². The number of aryl methyl sites for hydroxylation is 1. The third kappa shape index (κ3) is 3.97. The van der Waals surface area contributed by atoms with Gasteiger partial charge >= 0.3 is 0 Å². The summed E-state index contributed by atoms with van der Waals surface area (Å²) < 4.78 is 5.74. The Balaban J connectivity index is 1.64. The predicted octanol–water partition coefficient (Wildman–Crippen LogP) is 6.10. The molecule has 1 aromatic heterocycles. The molecule has 0 atom stereocenters. The van der Waals surface area contributed by atoms with E-state index in [0.29, 0.717) is 11.5 Å². The van der Waals surface area contributed by atoms with Crippen molar-refractivity contribution >= 4 is 11.1 Å². The molecule has 126 valence electrons. The number of benzene rings is 2. The largest absolute Gasteiger partial charge is 0.507 e. The molecule has 0 amide bonds. The molecular weight excluding hydrogens is 298 g/mol. The van der Waals surface area contributed by atoms with Crippen LogP contribution in [0.5, 0.6) is 5.75 Å². The maximum Gasteiger partial charge on any atom is 0.231 e. The van der Waals surface area contributed by atoms with Crippen LogP contribution in [-0.4, -0.2) is 10.1 Å². The van der Waals surface area contributed by atoms with E-state index >= 15 is 0 Å². The van der Waals surface area contributed by atoms with Crippen LogP contribution in [0, 0.1) is 0 Å². The summed E-state index contributed by atoms with van der Waals surface area (Å²) in [6.45, 7) is 2.24. The Bertz CT molecular complexity index is 758. The van der Waals surface area contributed by atoms with Crippen LogP contribution in [0.2, 0.25) is 0 Å². The van der Waals surface area contributed by atoms with Crippen LogP contribution in [0.15, 0.2) is 46.9 Å². The number of rotatable bonds is 8. The van der Waals surface area contributed by atoms with E-state index in [4.69, 9.17) is 4.42 Å². The fourth-order valence-corrected chi connectivity index (χ4v) is 3.01. The maximum absolute atomic E-state index is 10.3. The van der Waals surface area contributed by atoms with Gasteiger partial charge in [-0.2, -0.15) is 0 Å². The molecule has 0 fully saturated rings. The summed E-state index contributed by atoms with van der Waals surface area (Å²) in [6, 6.07) is 13.5. The SMILES string of the molecule is CCCCCCCCc1ccc(-c2nc3ccccc3o2)c(O)c1. The van der Waals surface area contributed by atoms with E-state index in [0.717, 1.165) is 17.5 Å². The van der Waals surface area contributed by atoms with Crippen LogP contribution < -0.4 is 0 Å². The van der Waals surface area contributed by atoms with Crippen LogP contribution in [0.3, 0.4) is 0 Å². The van der Waals surface area contributed by atoms with Crippen molar-refractivity contribution in [1.29, 1.82) is 0 Å². The van der Waals surface area contributed by atoms with Crippen LogP contribution >= 0.6 is 0 Å². The number of aromatic hydroxyl groups is 1. The Morgan fingerprint density at radius 1 is 0.958 bits per heavy atom. The van der Waals surface area contributed by atoms with Crippen molar-refractivity contribution in [2.45, 2.75) is 51.9 Å². The molecule has 3 rings (SSSR count). The van der Waals surface area contributed by atoms with E-state index in [2.05, 4.69) is 18.0 Å². The smallest absolute Gasteiger partial charge is 0.231 e. The van der Waals surface area contributed by atoms with Gasteiger partial charge in [-0.25, -0.2) is 4.98 Å². The third-order valence-corrected chi connectivity index (χ3v) is 4.41. The van der Waals surface area contributed by atoms with Crippen LogP contribution in [0.1, 0.15) is 51.0 Å². The quantitative estimate of drug-likeness (QED) is 0.509. The Labute approximate surface area is 143 Å². The molecule has 2 aromatic carbocycles. The summed E-state index contributed by atoms with van der Waals surface area (Å²) in [7, 11) is 0. The number of phenolic OH excluding ortho intramolecular Hbond substituents is 1. The fraction of sp³-hybridized carbons (Fsp3) is 0.381. The van der Waals surface area contributed by atoms with Crippen molar-refractivity contribution < 1.29 is 9.52 Å². The predicted molar refractivity (Wildman–Crippen MR) is 98.2 cm³/mol. The van der Waals surface area contributed by atoms with Gasteiger partial charge in [0.2, 0.25) is 5.89 Å². The van der Waals surface area contributed by atoms with E-state index in [1.807, 2.05) is 36.4 Å². The molecule has 1 N–H and O–H groups in total. The number of aromatic nitrogens is 1. The van der Waals surface area contributed by atoms with Crippen molar-refractivity contribution in [2.24, 2.45) is 0 Å². The van der Waals surface area contributed by atoms with Gasteiger partial charge in [-0.15, -0.1) is 0 Å². The second kappa shape index (κ2) is 8.00. The molecule has 0 aliphatic rings. The third-order valence-electron chi connectivity index (χ3n) is 4.41. The molecule has 24 heavy (non-hydrogen) atoms. The van der Waals surface area contributed by atoms with Gasteiger partial charge in [-0.05, 0) is 42.7 Å². The van der Waals surface area contributed by atoms with Gasteiger partial charge in [0.15, 0.2) is 5.58 Å². The molecule has 0 saturated heterocycles. The monoisotopic (exact) mass is 323 g/mol. The molecular formula is C21H25NO2. The van der Waals surface area contributed by atoms with Gasteiger partial charge in [-0.1, -0.05) is 57.2 Å². The number of hydrogen-bond donors (Lipinski definition) is 1. The average Bonchev–Trinajstić information content (AvgIpc) is 3.02. The lowest BCUT2D eigenvalue weighted by atomic mass is 10.0. The minimum atomic E-state index is 0.241. The topological polar surface area (TPSA) is 46.3 Å². The first-order valence-electron chi connectivity index (χ1n) is 8.96. The minimum absolute atomic E-state index is 0.241. The van der Waals surface area contributed by atoms with Gasteiger partial charge in [0.05, 0.1) is 5.56 Å². The highest BCUT2D eigenvalue weighted by molar-refractivity contribution is 5.77. The lowest BCUT2D eigenvalue weighted by Gasteiger charge is -2.05. The number of phenols is 1. The average molecular weight is 323 g/mol. The van der Waals surface area contributed by atoms with Crippen LogP contribution in [0.4, 0.5) is 0 Å². The lowest BCUT2D eigenvalue weighted by Crippen LogP contribution is -1.88. The number of nitrogens with zero attached hydrogens (tertiary/aromatic N) is 1. The first-order valence-corrected chi connectivity index (χ1v) is 8.96. The number of unbranched alkanes of at least 4 members (excludes halogenated alkanes) is 5. The maximum atomic E-state index is 10.3. The normalized spacial score (nSPS) is 11.2. The molecule has 3 nitrogen and oxygen atoms in total. The highest BCUT2D eigenvalue weighted by Crippen LogP contribution is 2.32. The van der Waals surface area contributed by atoms with Gasteiger partial charge < -0.3 is 9.52 Å². The fourth-order valence-electron chi connectivity index (χ4n) is 3.01. The van der Waals surface area contributed by atoms with Gasteiger partial charge in [0.25, 0.3) is 0 Å². The number of fused-ring (bicyclic) bond motifs is 1. The zero-order valence-electron chi connectivity index (χ0n) is 14.3. The highest BCUT2D eigenvalue weighted by Gasteiger charge is 2.12. The minimum Gasteiger partial charge on any atom is -0.507 e. The Hall–Kier alpha value is -2.29. The van der Waals surface area contributed by atoms with Crippen molar-refractivity contribution in [3.05, 3.63) is 48.0 Å². The first-order chi connectivity index (χ1) is 11.8. The number of oxazole rings is 1. The standard InChI is InChI=1S/C21H25NO2/c1-2-3-4-5-6-7-10-16-13-14-17(19(23)15-16)21-22-18-11-8-9-12-20(18)24-21/h8-9,11-15,23H,2-7,10H2,1H3. The van der Waals surface area contributed by atoms with Crippen LogP contribution in [0.25, 0.3) is 22.6 Å². The molecule has 3 heteroatoms. The molecule has 3 aromatic rings. The molecule has 0 unspecified atom stereocenters. The second-order valence-corrected chi connectivity index (χ2v) is 6.36. The van der Waals surface area contributed by atoms with Gasteiger partial charge in [0.1, 0.15) is 11.3 Å². The molecule has 0 saturated carbocycles. The number of hydrogen-bond acceptors (Lipinski definition) is 3. The Morgan fingerprint density at radius 2 is 1.75 bits per heavy atom. The zero-order valence-corrected chi connectivity index (χ0v) is 14.3. The van der Waals surface area contributed by atoms with E-state index in [1.165, 1.54) is 44.1 Å². The summed E-state index contributed by atoms with van der Waals surface area (Å²) >= 11 is 0. The second-order valence-electron chi connectivity index (χ2n) is 6.36. The van der Waals surface area contributed by atoms with Crippen molar-refractivity contribution in [3.8, 4) is 17.2 Å². The van der Waals surface area contributed by atoms with Crippen molar-refractivity contribution in [2.75, 3.05) is 0 Å². The lowest BCUT2D eigenvalue weighted by molar-refractivity contribution is 0.473. The molecule has 0 aliphatic heterocycles. The Morgan fingerprint density at radius 3 is 2.54 bits per heavy atom. The molecule has 0 aliphatic carbocycles. The molecule has 0 spiro atoms.